The topological polar surface area (TPSA) is 55.8 Å². The second-order valence-corrected chi connectivity index (χ2v) is 7.49. The maximum absolute atomic E-state index is 14.7. The summed E-state index contributed by atoms with van der Waals surface area (Å²) in [6.07, 6.45) is -0.408. The molecule has 0 amide bonds. The Kier molecular flexibility index (Phi) is 3.75. The lowest BCUT2D eigenvalue weighted by Gasteiger charge is -2.47. The Morgan fingerprint density at radius 3 is 2.32 bits per heavy atom. The van der Waals surface area contributed by atoms with Gasteiger partial charge in [-0.2, -0.15) is 4.31 Å². The fourth-order valence-electron chi connectivity index (χ4n) is 2.68. The van der Waals surface area contributed by atoms with Gasteiger partial charge in [-0.25, -0.2) is 17.2 Å². The second-order valence-electron chi connectivity index (χ2n) is 5.56. The number of aryl methyl sites for hydroxylation is 1. The Morgan fingerprint density at radius 2 is 1.68 bits per heavy atom. The van der Waals surface area contributed by atoms with Gasteiger partial charge in [-0.05, 0) is 19.1 Å². The number of hydrogen-bond acceptors (Lipinski definition) is 4. The first-order valence-electron chi connectivity index (χ1n) is 6.99. The zero-order chi connectivity index (χ0) is 16.0. The summed E-state index contributed by atoms with van der Waals surface area (Å²) in [4.78, 5) is 0.0461. The van der Waals surface area contributed by atoms with E-state index in [9.17, 15) is 17.2 Å². The van der Waals surface area contributed by atoms with Gasteiger partial charge in [0.15, 0.2) is 0 Å². The molecule has 2 aliphatic rings. The SMILES string of the molecule is Cc1ccc(S(=O)(=O)N2CCC3(F)OCCOC3(F)C2)cc1. The molecule has 0 saturated carbocycles. The molecule has 2 atom stereocenters. The number of benzene rings is 1. The van der Waals surface area contributed by atoms with Gasteiger partial charge in [-0.1, -0.05) is 17.7 Å². The number of sulfonamides is 1. The Hall–Kier alpha value is -1.09. The van der Waals surface area contributed by atoms with Gasteiger partial charge in [-0.3, -0.25) is 0 Å². The number of rotatable bonds is 2. The lowest BCUT2D eigenvalue weighted by molar-refractivity contribution is -0.375. The van der Waals surface area contributed by atoms with Gasteiger partial charge in [0.05, 0.1) is 24.7 Å². The predicted octanol–water partition coefficient (Wildman–Crippen LogP) is 1.77. The summed E-state index contributed by atoms with van der Waals surface area (Å²) in [5, 5.41) is 0. The van der Waals surface area contributed by atoms with Crippen LogP contribution in [0.5, 0.6) is 0 Å². The predicted molar refractivity (Wildman–Crippen MR) is 74.1 cm³/mol. The number of alkyl halides is 2. The molecule has 5 nitrogen and oxygen atoms in total. The van der Waals surface area contributed by atoms with Crippen molar-refractivity contribution >= 4 is 10.0 Å². The zero-order valence-corrected chi connectivity index (χ0v) is 12.9. The van der Waals surface area contributed by atoms with E-state index in [1.807, 2.05) is 6.92 Å². The molecule has 2 heterocycles. The smallest absolute Gasteiger partial charge is 0.282 e. The fraction of sp³-hybridized carbons (Fsp3) is 0.571. The minimum atomic E-state index is -3.90. The standard InChI is InChI=1S/C14H17F2NO4S/c1-11-2-4-12(5-3-11)22(18,19)17-7-6-13(15)14(16,10-17)21-9-8-20-13/h2-5H,6-10H2,1H3. The van der Waals surface area contributed by atoms with Crippen LogP contribution in [0, 0.1) is 6.92 Å². The van der Waals surface area contributed by atoms with Crippen molar-refractivity contribution in [2.45, 2.75) is 29.9 Å². The second kappa shape index (κ2) is 5.23. The molecule has 2 saturated heterocycles. The molecule has 0 aromatic heterocycles. The number of nitrogens with zero attached hydrogens (tertiary/aromatic N) is 1. The minimum Gasteiger partial charge on any atom is -0.339 e. The number of piperidine rings is 1. The lowest BCUT2D eigenvalue weighted by Crippen LogP contribution is -2.66. The molecule has 122 valence electrons. The Bertz CT molecular complexity index is 666. The van der Waals surface area contributed by atoms with Crippen LogP contribution >= 0.6 is 0 Å². The number of fused-ring (bicyclic) bond motifs is 1. The van der Waals surface area contributed by atoms with Gasteiger partial charge in [0.1, 0.15) is 0 Å². The molecule has 0 aliphatic carbocycles. The van der Waals surface area contributed by atoms with Crippen molar-refractivity contribution < 1.29 is 26.7 Å². The molecule has 2 unspecified atom stereocenters. The van der Waals surface area contributed by atoms with Crippen molar-refractivity contribution in [2.75, 3.05) is 26.3 Å². The maximum atomic E-state index is 14.7. The van der Waals surface area contributed by atoms with Crippen LogP contribution in [0.15, 0.2) is 29.2 Å². The van der Waals surface area contributed by atoms with Gasteiger partial charge in [-0.15, -0.1) is 0 Å². The summed E-state index contributed by atoms with van der Waals surface area (Å²) in [5.74, 6) is -5.37. The molecular formula is C14H17F2NO4S. The highest BCUT2D eigenvalue weighted by Crippen LogP contribution is 2.43. The molecule has 0 radical (unpaired) electrons. The summed E-state index contributed by atoms with van der Waals surface area (Å²) in [7, 11) is -3.90. The summed E-state index contributed by atoms with van der Waals surface area (Å²) >= 11 is 0. The summed E-state index contributed by atoms with van der Waals surface area (Å²) < 4.78 is 65.0. The monoisotopic (exact) mass is 333 g/mol. The van der Waals surface area contributed by atoms with E-state index in [1.54, 1.807) is 12.1 Å². The minimum absolute atomic E-state index is 0.0461. The zero-order valence-electron chi connectivity index (χ0n) is 12.1. The van der Waals surface area contributed by atoms with Crippen molar-refractivity contribution in [1.29, 1.82) is 0 Å². The molecule has 0 bridgehead atoms. The van der Waals surface area contributed by atoms with E-state index >= 15 is 0 Å². The molecule has 1 aromatic carbocycles. The molecule has 8 heteroatoms. The Balaban J connectivity index is 1.89. The van der Waals surface area contributed by atoms with Crippen LogP contribution in [0.1, 0.15) is 12.0 Å². The van der Waals surface area contributed by atoms with E-state index in [0.29, 0.717) is 0 Å². The normalized spacial score (nSPS) is 33.4. The number of hydrogen-bond donors (Lipinski definition) is 0. The first kappa shape index (κ1) is 15.8. The van der Waals surface area contributed by atoms with Gasteiger partial charge in [0.2, 0.25) is 10.0 Å². The summed E-state index contributed by atoms with van der Waals surface area (Å²) in [5.41, 5.74) is 0.909. The van der Waals surface area contributed by atoms with Crippen LogP contribution in [0.25, 0.3) is 0 Å². The average molecular weight is 333 g/mol. The molecule has 0 spiro atoms. The molecule has 2 aliphatic heterocycles. The average Bonchev–Trinajstić information content (AvgIpc) is 2.47. The fourth-order valence-corrected chi connectivity index (χ4v) is 4.13. The quantitative estimate of drug-likeness (QED) is 0.828. The van der Waals surface area contributed by atoms with E-state index in [1.165, 1.54) is 12.1 Å². The van der Waals surface area contributed by atoms with Gasteiger partial charge in [0, 0.05) is 13.0 Å². The first-order valence-corrected chi connectivity index (χ1v) is 8.43. The summed E-state index contributed by atoms with van der Waals surface area (Å²) in [6, 6.07) is 6.21. The first-order chi connectivity index (χ1) is 10.3. The van der Waals surface area contributed by atoms with Gasteiger partial charge < -0.3 is 9.47 Å². The maximum Gasteiger partial charge on any atom is 0.282 e. The van der Waals surface area contributed by atoms with Gasteiger partial charge in [0.25, 0.3) is 11.7 Å². The van der Waals surface area contributed by atoms with Crippen LogP contribution in [0.4, 0.5) is 8.78 Å². The van der Waals surface area contributed by atoms with E-state index in [2.05, 4.69) is 0 Å². The third-order valence-electron chi connectivity index (χ3n) is 4.02. The highest BCUT2D eigenvalue weighted by atomic mass is 32.2. The van der Waals surface area contributed by atoms with Crippen molar-refractivity contribution in [3.8, 4) is 0 Å². The highest BCUT2D eigenvalue weighted by molar-refractivity contribution is 7.89. The van der Waals surface area contributed by atoms with Crippen LogP contribution in [-0.4, -0.2) is 50.7 Å². The van der Waals surface area contributed by atoms with E-state index < -0.39 is 34.7 Å². The van der Waals surface area contributed by atoms with Crippen molar-refractivity contribution in [1.82, 2.24) is 4.31 Å². The number of ether oxygens (including phenoxy) is 2. The molecule has 0 N–H and O–H groups in total. The summed E-state index contributed by atoms with van der Waals surface area (Å²) in [6.45, 7) is 0.785. The molecule has 22 heavy (non-hydrogen) atoms. The van der Waals surface area contributed by atoms with Crippen molar-refractivity contribution in [2.24, 2.45) is 0 Å². The molecule has 2 fully saturated rings. The van der Waals surface area contributed by atoms with Crippen LogP contribution in [0.2, 0.25) is 0 Å². The van der Waals surface area contributed by atoms with Crippen molar-refractivity contribution in [3.05, 3.63) is 29.8 Å². The van der Waals surface area contributed by atoms with E-state index in [-0.39, 0.29) is 24.7 Å². The van der Waals surface area contributed by atoms with Gasteiger partial charge >= 0.3 is 0 Å². The Labute approximate surface area is 127 Å². The molecular weight excluding hydrogens is 316 g/mol. The molecule has 1 aromatic rings. The van der Waals surface area contributed by atoms with E-state index in [0.717, 1.165) is 9.87 Å². The van der Waals surface area contributed by atoms with Crippen LogP contribution in [-0.2, 0) is 19.5 Å². The van der Waals surface area contributed by atoms with Crippen LogP contribution < -0.4 is 0 Å². The van der Waals surface area contributed by atoms with Crippen LogP contribution in [0.3, 0.4) is 0 Å². The molecule has 3 rings (SSSR count). The Morgan fingerprint density at radius 1 is 1.09 bits per heavy atom. The number of halogens is 2. The third-order valence-corrected chi connectivity index (χ3v) is 5.88. The van der Waals surface area contributed by atoms with E-state index in [4.69, 9.17) is 9.47 Å². The lowest BCUT2D eigenvalue weighted by atomic mass is 10.0. The third kappa shape index (κ3) is 2.44. The van der Waals surface area contributed by atoms with Crippen molar-refractivity contribution in [3.63, 3.8) is 0 Å². The largest absolute Gasteiger partial charge is 0.339 e. The highest BCUT2D eigenvalue weighted by Gasteiger charge is 2.62.